The topological polar surface area (TPSA) is 278 Å². The van der Waals surface area contributed by atoms with E-state index in [1.807, 2.05) is 187 Å². The van der Waals surface area contributed by atoms with E-state index in [0.717, 1.165) is 142 Å². The first-order valence-corrected chi connectivity index (χ1v) is 48.5. The molecule has 0 unspecified atom stereocenters. The van der Waals surface area contributed by atoms with Crippen LogP contribution in [0.3, 0.4) is 0 Å². The van der Waals surface area contributed by atoms with Gasteiger partial charge in [0, 0.05) is 89.1 Å². The monoisotopic (exact) mass is 1960 g/mol. The van der Waals surface area contributed by atoms with Crippen LogP contribution in [-0.2, 0) is 37.9 Å². The molecule has 0 aliphatic carbocycles. The molecule has 8 aromatic heterocycles. The van der Waals surface area contributed by atoms with Gasteiger partial charge in [-0.05, 0) is 193 Å². The van der Waals surface area contributed by atoms with E-state index in [4.69, 9.17) is 64.7 Å². The fourth-order valence-electron chi connectivity index (χ4n) is 15.2. The molecule has 0 saturated carbocycles. The summed E-state index contributed by atoms with van der Waals surface area (Å²) in [4.78, 5) is 68.5. The van der Waals surface area contributed by atoms with Crippen LogP contribution in [0.15, 0.2) is 183 Å². The molecule has 14 rings (SSSR count). The summed E-state index contributed by atoms with van der Waals surface area (Å²) in [7, 11) is 6.37. The number of aromatic nitrogens is 15. The van der Waals surface area contributed by atoms with Crippen molar-refractivity contribution in [2.75, 3.05) is 28.4 Å². The van der Waals surface area contributed by atoms with Gasteiger partial charge in [-0.25, -0.2) is 48.7 Å². The average molecular weight is 1970 g/mol. The highest BCUT2D eigenvalue weighted by Gasteiger charge is 2.28. The van der Waals surface area contributed by atoms with Crippen LogP contribution in [0.1, 0.15) is 267 Å². The van der Waals surface area contributed by atoms with Crippen LogP contribution in [0.25, 0.3) is 78.8 Å². The number of hydrogen-bond donors (Lipinski definition) is 1. The summed E-state index contributed by atoms with van der Waals surface area (Å²) in [6, 6.07) is 40.0. The fraction of sp³-hybridized carbons (Fsp3) is 0.410. The molecule has 760 valence electrons. The molecule has 1 N–H and O–H groups in total. The van der Waals surface area contributed by atoms with Gasteiger partial charge >= 0.3 is 0 Å². The van der Waals surface area contributed by atoms with Crippen LogP contribution in [-0.4, -0.2) is 127 Å². The van der Waals surface area contributed by atoms with E-state index < -0.39 is 5.82 Å². The molecule has 6 aromatic carbocycles. The van der Waals surface area contributed by atoms with Gasteiger partial charge in [-0.3, -0.25) is 34.9 Å². The molecule has 26 heteroatoms. The minimum Gasteiger partial charge on any atom is -0.508 e. The van der Waals surface area contributed by atoms with Crippen molar-refractivity contribution >= 4 is 11.6 Å². The third kappa shape index (κ3) is 33.1. The molecule has 0 atom stereocenters. The Morgan fingerprint density at radius 1 is 0.259 bits per heavy atom. The first-order valence-electron chi connectivity index (χ1n) is 48.1. The summed E-state index contributed by atoms with van der Waals surface area (Å²) in [5, 5.41) is 10.1. The Morgan fingerprint density at radius 2 is 0.524 bits per heavy atom. The van der Waals surface area contributed by atoms with Crippen molar-refractivity contribution in [3.63, 3.8) is 0 Å². The lowest BCUT2D eigenvalue weighted by Crippen LogP contribution is -2.17. The van der Waals surface area contributed by atoms with Gasteiger partial charge in [0.15, 0.2) is 34.6 Å². The van der Waals surface area contributed by atoms with Crippen molar-refractivity contribution in [3.05, 3.63) is 279 Å². The van der Waals surface area contributed by atoms with Gasteiger partial charge in [-0.1, -0.05) is 181 Å². The second-order valence-electron chi connectivity index (χ2n) is 43.0. The summed E-state index contributed by atoms with van der Waals surface area (Å²) < 4.78 is 65.3. The number of pyridine rings is 1. The minimum atomic E-state index is -0.398. The lowest BCUT2D eigenvalue weighted by Gasteiger charge is -2.20. The SMILES string of the molecule is COc1ccc(-c2cnc(C)c(C(C)(C)C)n2)cc1F.COc1ccc(-c2cnc(C)c(C(C)(C)C)n2)cc1OC.COc1cccc(-c2cnc(C)c(C(C)(C)C)n2)c1.Cc1ncc(-c2ccc(OC(C)C)c(Cl)c2)nc1C(C)(C)C.Cc1ncc(-c2ccc(OC(C)C)c(F)c2)nc1C(C)(C)C.Cc1ncc(-c2ccc(OC(C)C)nc2)nc1C(C)(C)C.Cc1ncc(-c2cccc(O)c2)nc1C(C)(C)C. The molecular weight excluding hydrogens is 1820 g/mol. The summed E-state index contributed by atoms with van der Waals surface area (Å²) in [6.07, 6.45) is 14.2. The van der Waals surface area contributed by atoms with Crippen LogP contribution in [0.2, 0.25) is 5.02 Å². The number of ether oxygens (including phenoxy) is 7. The third-order valence-corrected chi connectivity index (χ3v) is 22.2. The number of phenolic OH excluding ortho intramolecular Hbond substituents is 1. The predicted molar refractivity (Wildman–Crippen MR) is 574 cm³/mol. The molecule has 143 heavy (non-hydrogen) atoms. The van der Waals surface area contributed by atoms with Crippen LogP contribution in [0, 0.1) is 60.1 Å². The molecule has 0 radical (unpaired) electrons. The standard InChI is InChI=1S/C18H23ClN2O.C18H23FN2O.C17H23N3O.C17H22N2O2.C16H19FN2O.C16H20N2O.C15H18N2O/c2*1-11(2)22-16-8-7-13(9-14(16)19)15-10-20-12(3)17(21-15)18(4,5)6;1-11(2)21-15-8-7-13(9-19-15)14-10-18-12(3)16(20-14)17(4,5)6;1-11-16(17(2,3)4)19-13(10-18-11)12-7-8-14(20-5)15(9-12)21-6;1-10-15(16(2,3)4)19-13(9-18-10)11-6-7-14(20-5)12(17)8-11;1-11-15(16(2,3)4)18-14(10-17-11)12-7-6-8-13(9-12)19-5;1-10-14(15(2,3)4)17-13(9-16-10)11-6-5-7-12(18)8-11/h2*7-11H,1-6H3;7-11H,1-6H3;7-10H,1-6H3;6-9H,1-5H3;6-10H,1-5H3;5-9,18H,1-4H3. The smallest absolute Gasteiger partial charge is 0.213 e. The van der Waals surface area contributed by atoms with E-state index in [-0.39, 0.29) is 79.3 Å². The van der Waals surface area contributed by atoms with E-state index in [1.54, 1.807) is 95.0 Å². The molecule has 0 saturated heterocycles. The molecule has 8 heterocycles. The van der Waals surface area contributed by atoms with Gasteiger partial charge in [0.2, 0.25) is 5.88 Å². The molecular formula is C117H148ClF2N15O8. The Hall–Kier alpha value is -13.4. The van der Waals surface area contributed by atoms with E-state index in [0.29, 0.717) is 50.7 Å². The highest BCUT2D eigenvalue weighted by molar-refractivity contribution is 6.32. The number of rotatable bonds is 17. The number of phenols is 1. The van der Waals surface area contributed by atoms with Gasteiger partial charge in [-0.2, -0.15) is 0 Å². The van der Waals surface area contributed by atoms with Crippen molar-refractivity contribution in [2.45, 2.75) is 292 Å². The second kappa shape index (κ2) is 49.0. The van der Waals surface area contributed by atoms with Crippen LogP contribution < -0.4 is 33.2 Å². The quantitative estimate of drug-likeness (QED) is 0.0886. The Labute approximate surface area is 852 Å². The zero-order chi connectivity index (χ0) is 107. The largest absolute Gasteiger partial charge is 0.508 e. The zero-order valence-electron chi connectivity index (χ0n) is 91.2. The highest BCUT2D eigenvalue weighted by atomic mass is 35.5. The van der Waals surface area contributed by atoms with Crippen LogP contribution in [0.4, 0.5) is 8.78 Å². The predicted octanol–water partition coefficient (Wildman–Crippen LogP) is 28.7. The van der Waals surface area contributed by atoms with E-state index in [9.17, 15) is 13.9 Å². The number of hydrogen-bond acceptors (Lipinski definition) is 23. The Kier molecular flexibility index (Phi) is 39.4. The molecule has 0 spiro atoms. The summed E-state index contributed by atoms with van der Waals surface area (Å²) in [6.45, 7) is 70.1. The van der Waals surface area contributed by atoms with Crippen molar-refractivity contribution in [2.24, 2.45) is 0 Å². The zero-order valence-corrected chi connectivity index (χ0v) is 92.0. The average Bonchev–Trinajstić information content (AvgIpc) is 0.817. The Bertz CT molecular complexity index is 6510. The van der Waals surface area contributed by atoms with Gasteiger partial charge in [0.25, 0.3) is 0 Å². The number of benzene rings is 6. The van der Waals surface area contributed by atoms with Gasteiger partial charge in [0.1, 0.15) is 17.2 Å². The maximum atomic E-state index is 14.1. The van der Waals surface area contributed by atoms with Gasteiger partial charge in [-0.15, -0.1) is 0 Å². The summed E-state index contributed by atoms with van der Waals surface area (Å²) >= 11 is 6.31. The number of methoxy groups -OCH3 is 4. The lowest BCUT2D eigenvalue weighted by molar-refractivity contribution is 0.231. The normalized spacial score (nSPS) is 11.6. The number of aromatic hydroxyl groups is 1. The van der Waals surface area contributed by atoms with E-state index in [2.05, 4.69) is 200 Å². The Balaban J connectivity index is 0.000000204. The Morgan fingerprint density at radius 3 is 0.804 bits per heavy atom. The number of nitrogens with zero attached hydrogens (tertiary/aromatic N) is 15. The third-order valence-electron chi connectivity index (χ3n) is 21.9. The molecule has 0 aliphatic heterocycles. The van der Waals surface area contributed by atoms with E-state index >= 15 is 0 Å². The lowest BCUT2D eigenvalue weighted by atomic mass is 9.90. The van der Waals surface area contributed by atoms with Crippen molar-refractivity contribution in [3.8, 4) is 125 Å². The maximum absolute atomic E-state index is 14.1. The van der Waals surface area contributed by atoms with E-state index in [1.165, 1.54) is 19.2 Å². The molecule has 0 fully saturated rings. The molecule has 0 aliphatic rings. The first kappa shape index (κ1) is 115. The number of halogens is 3. The molecule has 23 nitrogen and oxygen atoms in total. The molecule has 0 amide bonds. The van der Waals surface area contributed by atoms with Crippen molar-refractivity contribution < 1.29 is 47.0 Å². The van der Waals surface area contributed by atoms with Gasteiger partial charge in [0.05, 0.1) is 215 Å². The van der Waals surface area contributed by atoms with Crippen molar-refractivity contribution in [1.82, 2.24) is 74.8 Å². The first-order chi connectivity index (χ1) is 66.6. The van der Waals surface area contributed by atoms with Crippen LogP contribution in [0.5, 0.6) is 46.1 Å². The molecule has 14 aromatic rings. The maximum Gasteiger partial charge on any atom is 0.213 e. The summed E-state index contributed by atoms with van der Waals surface area (Å²) in [5.74, 6) is 3.49. The molecule has 0 bridgehead atoms. The number of aryl methyl sites for hydroxylation is 7. The minimum absolute atomic E-state index is 0.00798. The second-order valence-corrected chi connectivity index (χ2v) is 43.4. The summed E-state index contributed by atoms with van der Waals surface area (Å²) in [5.41, 5.74) is 24.9. The van der Waals surface area contributed by atoms with Gasteiger partial charge < -0.3 is 38.3 Å². The fourth-order valence-corrected chi connectivity index (χ4v) is 15.4. The van der Waals surface area contributed by atoms with Crippen LogP contribution >= 0.6 is 11.6 Å². The van der Waals surface area contributed by atoms with Crippen molar-refractivity contribution in [1.29, 1.82) is 0 Å². The highest BCUT2D eigenvalue weighted by Crippen LogP contribution is 2.39.